The Bertz CT molecular complexity index is 667. The number of rotatable bonds is 2. The van der Waals surface area contributed by atoms with Gasteiger partial charge in [-0.15, -0.1) is 0 Å². The van der Waals surface area contributed by atoms with Crippen molar-refractivity contribution in [2.45, 2.75) is 19.3 Å². The monoisotopic (exact) mass is 267 g/mol. The Kier molecular flexibility index (Phi) is 2.89. The van der Waals surface area contributed by atoms with Crippen molar-refractivity contribution >= 4 is 17.9 Å². The Morgan fingerprint density at radius 1 is 1.30 bits per heavy atom. The molecule has 0 unspecified atom stereocenters. The molecule has 3 rings (SSSR count). The van der Waals surface area contributed by atoms with Gasteiger partial charge in [0.2, 0.25) is 5.95 Å². The molecule has 2 heterocycles. The molecule has 1 aliphatic heterocycles. The number of benzene rings is 1. The van der Waals surface area contributed by atoms with Crippen LogP contribution in [0.4, 0.5) is 11.6 Å². The van der Waals surface area contributed by atoms with Crippen LogP contribution in [0.3, 0.4) is 0 Å². The molecule has 5 nitrogen and oxygen atoms in total. The zero-order chi connectivity index (χ0) is 14.2. The molecule has 0 saturated heterocycles. The second-order valence-corrected chi connectivity index (χ2v) is 5.34. The number of allylic oxidation sites excluding steroid dienone is 2. The van der Waals surface area contributed by atoms with Crippen LogP contribution in [0.1, 0.15) is 19.4 Å². The lowest BCUT2D eigenvalue weighted by atomic mass is 9.84. The summed E-state index contributed by atoms with van der Waals surface area (Å²) in [5.74, 6) is 0.512. The van der Waals surface area contributed by atoms with Gasteiger partial charge < -0.3 is 4.90 Å². The van der Waals surface area contributed by atoms with Crippen LogP contribution in [-0.4, -0.2) is 28.4 Å². The fraction of sp³-hybridized carbons (Fsp3) is 0.267. The lowest BCUT2D eigenvalue weighted by Gasteiger charge is -2.23. The van der Waals surface area contributed by atoms with E-state index < -0.39 is 0 Å². The molecular formula is C15H17N5. The number of nitrogens with one attached hydrogen (secondary N) is 1. The molecule has 20 heavy (non-hydrogen) atoms. The van der Waals surface area contributed by atoms with Crippen LogP contribution in [0.15, 0.2) is 47.4 Å². The number of likely N-dealkylation sites (N-methyl/N-ethyl adjacent to an activating group) is 1. The number of H-pyrrole nitrogens is 1. The molecule has 0 fully saturated rings. The Morgan fingerprint density at radius 2 is 2.10 bits per heavy atom. The summed E-state index contributed by atoms with van der Waals surface area (Å²) in [4.78, 5) is 10.4. The van der Waals surface area contributed by atoms with Gasteiger partial charge in [0.05, 0.1) is 0 Å². The standard InChI is InChI=1S/C15H17N5/c1-15(2)11-6-4-5-7-12(11)20(3)13(15)8-9-16-14-17-10-18-19-14/h4-10H,1-3H3,(H,17,18,19)/b13-8+,16-9?. The number of nitrogens with zero attached hydrogens (tertiary/aromatic N) is 4. The largest absolute Gasteiger partial charge is 0.347 e. The van der Waals surface area contributed by atoms with Crippen molar-refractivity contribution in [3.05, 3.63) is 47.9 Å². The van der Waals surface area contributed by atoms with E-state index in [0.717, 1.165) is 0 Å². The Hall–Kier alpha value is -2.43. The van der Waals surface area contributed by atoms with Crippen molar-refractivity contribution in [2.75, 3.05) is 11.9 Å². The first-order valence-corrected chi connectivity index (χ1v) is 6.54. The van der Waals surface area contributed by atoms with Crippen molar-refractivity contribution < 1.29 is 0 Å². The molecule has 1 aliphatic rings. The zero-order valence-electron chi connectivity index (χ0n) is 11.8. The second-order valence-electron chi connectivity index (χ2n) is 5.34. The maximum absolute atomic E-state index is 4.24. The SMILES string of the molecule is CN1/C(=C/C=Nc2ncn[nH]2)C(C)(C)c2ccccc21. The van der Waals surface area contributed by atoms with E-state index in [-0.39, 0.29) is 5.41 Å². The van der Waals surface area contributed by atoms with Crippen LogP contribution in [0.5, 0.6) is 0 Å². The minimum Gasteiger partial charge on any atom is -0.347 e. The highest BCUT2D eigenvalue weighted by Crippen LogP contribution is 2.46. The Balaban J connectivity index is 1.95. The fourth-order valence-electron chi connectivity index (χ4n) is 2.74. The van der Waals surface area contributed by atoms with Crippen LogP contribution < -0.4 is 4.90 Å². The molecule has 102 valence electrons. The van der Waals surface area contributed by atoms with Crippen molar-refractivity contribution in [1.29, 1.82) is 0 Å². The second kappa shape index (κ2) is 4.59. The highest BCUT2D eigenvalue weighted by molar-refractivity contribution is 5.80. The van der Waals surface area contributed by atoms with E-state index in [1.54, 1.807) is 6.21 Å². The lowest BCUT2D eigenvalue weighted by Crippen LogP contribution is -2.23. The number of hydrogen-bond acceptors (Lipinski definition) is 4. The van der Waals surface area contributed by atoms with Gasteiger partial charge in [-0.05, 0) is 17.7 Å². The normalized spacial score (nSPS) is 18.9. The van der Waals surface area contributed by atoms with E-state index in [0.29, 0.717) is 5.95 Å². The zero-order valence-corrected chi connectivity index (χ0v) is 11.8. The predicted molar refractivity (Wildman–Crippen MR) is 80.5 cm³/mol. The summed E-state index contributed by atoms with van der Waals surface area (Å²) in [7, 11) is 2.09. The first-order chi connectivity index (χ1) is 9.60. The highest BCUT2D eigenvalue weighted by Gasteiger charge is 2.37. The Morgan fingerprint density at radius 3 is 2.80 bits per heavy atom. The van der Waals surface area contributed by atoms with Gasteiger partial charge in [-0.25, -0.2) is 10.1 Å². The van der Waals surface area contributed by atoms with Gasteiger partial charge >= 0.3 is 0 Å². The van der Waals surface area contributed by atoms with Crippen LogP contribution in [0.2, 0.25) is 0 Å². The quantitative estimate of drug-likeness (QED) is 0.851. The van der Waals surface area contributed by atoms with Crippen molar-refractivity contribution in [3.8, 4) is 0 Å². The van der Waals surface area contributed by atoms with E-state index in [1.807, 2.05) is 6.08 Å². The molecule has 1 aromatic carbocycles. The number of hydrogen-bond donors (Lipinski definition) is 1. The summed E-state index contributed by atoms with van der Waals surface area (Å²) in [6.45, 7) is 4.45. The number of aliphatic imine (C=N–C) groups is 1. The molecular weight excluding hydrogens is 250 g/mol. The molecule has 2 aromatic rings. The minimum atomic E-state index is -0.0290. The first-order valence-electron chi connectivity index (χ1n) is 6.54. The third-order valence-corrected chi connectivity index (χ3v) is 3.77. The smallest absolute Gasteiger partial charge is 0.245 e. The molecule has 0 radical (unpaired) electrons. The summed E-state index contributed by atoms with van der Waals surface area (Å²) < 4.78 is 0. The van der Waals surface area contributed by atoms with Gasteiger partial charge in [0.15, 0.2) is 0 Å². The van der Waals surface area contributed by atoms with E-state index in [9.17, 15) is 0 Å². The summed E-state index contributed by atoms with van der Waals surface area (Å²) in [5, 5.41) is 6.48. The van der Waals surface area contributed by atoms with E-state index in [2.05, 4.69) is 70.2 Å². The van der Waals surface area contributed by atoms with Crippen molar-refractivity contribution in [1.82, 2.24) is 15.2 Å². The number of anilines is 1. The third kappa shape index (κ3) is 1.91. The minimum absolute atomic E-state index is 0.0290. The van der Waals surface area contributed by atoms with Gasteiger partial charge in [0, 0.05) is 30.1 Å². The van der Waals surface area contributed by atoms with Gasteiger partial charge in [0.25, 0.3) is 0 Å². The maximum Gasteiger partial charge on any atom is 0.245 e. The first kappa shape index (κ1) is 12.6. The van der Waals surface area contributed by atoms with Crippen LogP contribution in [-0.2, 0) is 5.41 Å². The van der Waals surface area contributed by atoms with Crippen LogP contribution in [0, 0.1) is 0 Å². The average molecular weight is 267 g/mol. The maximum atomic E-state index is 4.24. The van der Waals surface area contributed by atoms with E-state index in [4.69, 9.17) is 0 Å². The van der Waals surface area contributed by atoms with E-state index >= 15 is 0 Å². The number of fused-ring (bicyclic) bond motifs is 1. The van der Waals surface area contributed by atoms with E-state index in [1.165, 1.54) is 23.3 Å². The average Bonchev–Trinajstić information content (AvgIpc) is 3.01. The summed E-state index contributed by atoms with van der Waals surface area (Å²) in [5.41, 5.74) is 3.76. The Labute approximate surface area is 118 Å². The fourth-order valence-corrected chi connectivity index (χ4v) is 2.74. The van der Waals surface area contributed by atoms with Gasteiger partial charge in [-0.2, -0.15) is 10.1 Å². The molecule has 1 N–H and O–H groups in total. The predicted octanol–water partition coefficient (Wildman–Crippen LogP) is 2.82. The highest BCUT2D eigenvalue weighted by atomic mass is 15.2. The molecule has 0 saturated carbocycles. The molecule has 0 atom stereocenters. The summed E-state index contributed by atoms with van der Waals surface area (Å²) in [6.07, 6.45) is 5.24. The molecule has 0 aliphatic carbocycles. The molecule has 5 heteroatoms. The van der Waals surface area contributed by atoms with Crippen molar-refractivity contribution in [3.63, 3.8) is 0 Å². The number of aromatic amines is 1. The molecule has 0 bridgehead atoms. The van der Waals surface area contributed by atoms with Gasteiger partial charge in [0.1, 0.15) is 6.33 Å². The molecule has 0 spiro atoms. The number of aromatic nitrogens is 3. The summed E-state index contributed by atoms with van der Waals surface area (Å²) in [6, 6.07) is 8.47. The lowest BCUT2D eigenvalue weighted by molar-refractivity contribution is 0.641. The molecule has 1 aromatic heterocycles. The van der Waals surface area contributed by atoms with Crippen LogP contribution >= 0.6 is 0 Å². The third-order valence-electron chi connectivity index (χ3n) is 3.77. The summed E-state index contributed by atoms with van der Waals surface area (Å²) >= 11 is 0. The van der Waals surface area contributed by atoms with Gasteiger partial charge in [-0.3, -0.25) is 0 Å². The van der Waals surface area contributed by atoms with Gasteiger partial charge in [-0.1, -0.05) is 32.0 Å². The van der Waals surface area contributed by atoms with Crippen molar-refractivity contribution in [2.24, 2.45) is 4.99 Å². The van der Waals surface area contributed by atoms with Crippen LogP contribution in [0.25, 0.3) is 0 Å². The molecule has 0 amide bonds. The number of para-hydroxylation sites is 1. The topological polar surface area (TPSA) is 57.2 Å².